The van der Waals surface area contributed by atoms with Gasteiger partial charge >= 0.3 is 6.09 Å². The number of non-ortho nitro benzene ring substituents is 1. The number of anilines is 1. The highest BCUT2D eigenvalue weighted by molar-refractivity contribution is 5.86. The summed E-state index contributed by atoms with van der Waals surface area (Å²) >= 11 is 0. The lowest BCUT2D eigenvalue weighted by Crippen LogP contribution is -2.56. The van der Waals surface area contributed by atoms with E-state index in [2.05, 4.69) is 10.2 Å². The number of benzene rings is 2. The van der Waals surface area contributed by atoms with Crippen LogP contribution in [0.25, 0.3) is 0 Å². The first-order valence-corrected chi connectivity index (χ1v) is 11.5. The molecule has 2 aromatic carbocycles. The van der Waals surface area contributed by atoms with Crippen molar-refractivity contribution in [2.24, 2.45) is 0 Å². The summed E-state index contributed by atoms with van der Waals surface area (Å²) in [5.41, 5.74) is 0.996. The maximum absolute atomic E-state index is 13.4. The Bertz CT molecular complexity index is 1030. The van der Waals surface area contributed by atoms with Gasteiger partial charge in [0.1, 0.15) is 17.4 Å². The Morgan fingerprint density at radius 3 is 2.14 bits per heavy atom. The number of hydrogen-bond acceptors (Lipinski definition) is 7. The molecule has 0 bridgehead atoms. The van der Waals surface area contributed by atoms with Gasteiger partial charge in [-0.2, -0.15) is 0 Å². The van der Waals surface area contributed by atoms with Crippen LogP contribution in [0.15, 0.2) is 48.5 Å². The molecule has 1 aliphatic heterocycles. The summed E-state index contributed by atoms with van der Waals surface area (Å²) in [4.78, 5) is 40.3. The minimum absolute atomic E-state index is 0.0358. The fraction of sp³-hybridized carbons (Fsp3) is 0.440. The molecule has 1 aliphatic rings. The highest BCUT2D eigenvalue weighted by atomic mass is 16.6. The van der Waals surface area contributed by atoms with Gasteiger partial charge in [-0.25, -0.2) is 4.79 Å². The van der Waals surface area contributed by atoms with E-state index in [9.17, 15) is 19.7 Å². The molecular weight excluding hydrogens is 452 g/mol. The molecular formula is C25H32N4O6. The largest absolute Gasteiger partial charge is 0.497 e. The number of carbonyl (C=O) groups is 2. The number of methoxy groups -OCH3 is 1. The Kier molecular flexibility index (Phi) is 8.16. The van der Waals surface area contributed by atoms with Crippen molar-refractivity contribution in [1.29, 1.82) is 0 Å². The number of nitro groups is 1. The predicted molar refractivity (Wildman–Crippen MR) is 132 cm³/mol. The monoisotopic (exact) mass is 484 g/mol. The van der Waals surface area contributed by atoms with Gasteiger partial charge in [-0.3, -0.25) is 14.9 Å². The standard InChI is InChI=1S/C25H32N4O6/c1-25(2,3)35-24(31)26-22(17-18-5-7-20(8-6-18)29(32)33)23(30)28-15-13-27(14-16-28)19-9-11-21(34-4)12-10-19/h5-12,22H,13-17H2,1-4H3,(H,26,31)/t22-/m0/s1. The van der Waals surface area contributed by atoms with Gasteiger partial charge in [0.25, 0.3) is 5.69 Å². The van der Waals surface area contributed by atoms with Gasteiger partial charge in [-0.05, 0) is 50.6 Å². The van der Waals surface area contributed by atoms with Crippen LogP contribution in [0, 0.1) is 10.1 Å². The van der Waals surface area contributed by atoms with E-state index in [-0.39, 0.29) is 18.0 Å². The molecule has 10 heteroatoms. The molecule has 0 radical (unpaired) electrons. The molecule has 2 amide bonds. The molecule has 10 nitrogen and oxygen atoms in total. The van der Waals surface area contributed by atoms with Gasteiger partial charge in [-0.1, -0.05) is 12.1 Å². The van der Waals surface area contributed by atoms with Crippen molar-refractivity contribution >= 4 is 23.4 Å². The summed E-state index contributed by atoms with van der Waals surface area (Å²) in [5.74, 6) is 0.563. The second kappa shape index (κ2) is 11.1. The number of alkyl carbamates (subject to hydrolysis) is 1. The number of nitrogens with one attached hydrogen (secondary N) is 1. The van der Waals surface area contributed by atoms with Crippen LogP contribution in [0.5, 0.6) is 5.75 Å². The zero-order valence-corrected chi connectivity index (χ0v) is 20.5. The molecule has 0 spiro atoms. The summed E-state index contributed by atoms with van der Waals surface area (Å²) in [6.07, 6.45) is -0.496. The lowest BCUT2D eigenvalue weighted by Gasteiger charge is -2.37. The van der Waals surface area contributed by atoms with Crippen LogP contribution in [-0.4, -0.2) is 66.8 Å². The average molecular weight is 485 g/mol. The lowest BCUT2D eigenvalue weighted by molar-refractivity contribution is -0.384. The molecule has 1 N–H and O–H groups in total. The van der Waals surface area contributed by atoms with Crippen LogP contribution >= 0.6 is 0 Å². The smallest absolute Gasteiger partial charge is 0.408 e. The van der Waals surface area contributed by atoms with Crippen molar-refractivity contribution in [1.82, 2.24) is 10.2 Å². The number of carbonyl (C=O) groups excluding carboxylic acids is 2. The Morgan fingerprint density at radius 2 is 1.63 bits per heavy atom. The predicted octanol–water partition coefficient (Wildman–Crippen LogP) is 3.39. The Morgan fingerprint density at radius 1 is 1.03 bits per heavy atom. The number of nitro benzene ring substituents is 1. The zero-order chi connectivity index (χ0) is 25.6. The molecule has 0 aliphatic carbocycles. The zero-order valence-electron chi connectivity index (χ0n) is 20.5. The van der Waals surface area contributed by atoms with Gasteiger partial charge in [0, 0.05) is 50.4 Å². The molecule has 188 valence electrons. The number of piperazine rings is 1. The molecule has 0 unspecified atom stereocenters. The summed E-state index contributed by atoms with van der Waals surface area (Å²) in [7, 11) is 1.62. The van der Waals surface area contributed by atoms with E-state index in [1.165, 1.54) is 12.1 Å². The Hall–Kier alpha value is -3.82. The van der Waals surface area contributed by atoms with E-state index in [1.54, 1.807) is 44.9 Å². The molecule has 1 heterocycles. The molecule has 2 aromatic rings. The van der Waals surface area contributed by atoms with E-state index in [1.807, 2.05) is 24.3 Å². The quantitative estimate of drug-likeness (QED) is 0.473. The van der Waals surface area contributed by atoms with Crippen molar-refractivity contribution < 1.29 is 24.0 Å². The SMILES string of the molecule is COc1ccc(N2CCN(C(=O)[C@H](Cc3ccc([N+](=O)[O-])cc3)NC(=O)OC(C)(C)C)CC2)cc1. The fourth-order valence-electron chi connectivity index (χ4n) is 3.84. The second-order valence-electron chi connectivity index (χ2n) is 9.34. The molecule has 1 fully saturated rings. The van der Waals surface area contributed by atoms with Crippen molar-refractivity contribution in [3.8, 4) is 5.75 Å². The van der Waals surface area contributed by atoms with Gasteiger partial charge in [0.15, 0.2) is 0 Å². The van der Waals surface area contributed by atoms with Gasteiger partial charge in [-0.15, -0.1) is 0 Å². The van der Waals surface area contributed by atoms with Crippen LogP contribution in [0.3, 0.4) is 0 Å². The van der Waals surface area contributed by atoms with E-state index >= 15 is 0 Å². The molecule has 0 aromatic heterocycles. The van der Waals surface area contributed by atoms with E-state index in [0.29, 0.717) is 31.7 Å². The van der Waals surface area contributed by atoms with Gasteiger partial charge < -0.3 is 24.6 Å². The van der Waals surface area contributed by atoms with E-state index < -0.39 is 22.7 Å². The lowest BCUT2D eigenvalue weighted by atomic mass is 10.0. The number of nitrogens with zero attached hydrogens (tertiary/aromatic N) is 3. The van der Waals surface area contributed by atoms with Gasteiger partial charge in [0.2, 0.25) is 5.91 Å². The Labute approximate surface area is 204 Å². The van der Waals surface area contributed by atoms with Crippen molar-refractivity contribution in [3.63, 3.8) is 0 Å². The second-order valence-corrected chi connectivity index (χ2v) is 9.34. The fourth-order valence-corrected chi connectivity index (χ4v) is 3.84. The first-order valence-electron chi connectivity index (χ1n) is 11.5. The molecule has 1 atom stereocenters. The van der Waals surface area contributed by atoms with Crippen molar-refractivity contribution in [2.45, 2.75) is 38.8 Å². The van der Waals surface area contributed by atoms with Crippen LogP contribution in [-0.2, 0) is 16.0 Å². The minimum Gasteiger partial charge on any atom is -0.497 e. The van der Waals surface area contributed by atoms with Crippen LogP contribution in [0.1, 0.15) is 26.3 Å². The molecule has 3 rings (SSSR count). The van der Waals surface area contributed by atoms with Crippen LogP contribution < -0.4 is 15.0 Å². The third-order valence-corrected chi connectivity index (χ3v) is 5.60. The number of amides is 2. The third kappa shape index (κ3) is 7.33. The summed E-state index contributed by atoms with van der Waals surface area (Å²) in [5, 5.41) is 13.6. The van der Waals surface area contributed by atoms with E-state index in [0.717, 1.165) is 11.4 Å². The Balaban J connectivity index is 1.69. The van der Waals surface area contributed by atoms with E-state index in [4.69, 9.17) is 9.47 Å². The number of hydrogen-bond donors (Lipinski definition) is 1. The summed E-state index contributed by atoms with van der Waals surface area (Å²) in [6.45, 7) is 7.53. The normalized spacial score (nSPS) is 14.7. The topological polar surface area (TPSA) is 114 Å². The van der Waals surface area contributed by atoms with Crippen LogP contribution in [0.4, 0.5) is 16.2 Å². The summed E-state index contributed by atoms with van der Waals surface area (Å²) < 4.78 is 10.6. The first kappa shape index (κ1) is 25.8. The van der Waals surface area contributed by atoms with Crippen molar-refractivity contribution in [3.05, 3.63) is 64.2 Å². The average Bonchev–Trinajstić information content (AvgIpc) is 2.82. The van der Waals surface area contributed by atoms with Crippen molar-refractivity contribution in [2.75, 3.05) is 38.2 Å². The summed E-state index contributed by atoms with van der Waals surface area (Å²) in [6, 6.07) is 12.9. The maximum Gasteiger partial charge on any atom is 0.408 e. The van der Waals surface area contributed by atoms with Crippen LogP contribution in [0.2, 0.25) is 0 Å². The first-order chi connectivity index (χ1) is 16.6. The minimum atomic E-state index is -0.862. The molecule has 35 heavy (non-hydrogen) atoms. The van der Waals surface area contributed by atoms with Gasteiger partial charge in [0.05, 0.1) is 12.0 Å². The number of ether oxygens (including phenoxy) is 2. The highest BCUT2D eigenvalue weighted by Crippen LogP contribution is 2.21. The maximum atomic E-state index is 13.4. The highest BCUT2D eigenvalue weighted by Gasteiger charge is 2.30. The third-order valence-electron chi connectivity index (χ3n) is 5.60. The molecule has 0 saturated carbocycles. The molecule has 1 saturated heterocycles. The number of rotatable bonds is 7.